The van der Waals surface area contributed by atoms with E-state index in [1.165, 1.54) is 4.31 Å². The third kappa shape index (κ3) is 5.33. The first-order chi connectivity index (χ1) is 13.6. The van der Waals surface area contributed by atoms with E-state index in [9.17, 15) is 8.42 Å². The second-order valence-corrected chi connectivity index (χ2v) is 8.42. The molecule has 0 bridgehead atoms. The molecule has 0 radical (unpaired) electrons. The molecule has 0 aliphatic heterocycles. The van der Waals surface area contributed by atoms with Crippen molar-refractivity contribution in [3.63, 3.8) is 0 Å². The number of sulfonamides is 1. The van der Waals surface area contributed by atoms with Crippen molar-refractivity contribution in [1.29, 1.82) is 0 Å². The fraction of sp³-hybridized carbons (Fsp3) is 0.227. The summed E-state index contributed by atoms with van der Waals surface area (Å²) in [5.74, 6) is 1.49. The molecular weight excluding hydrogens is 372 g/mol. The Morgan fingerprint density at radius 1 is 0.893 bits per heavy atom. The molecule has 1 heterocycles. The summed E-state index contributed by atoms with van der Waals surface area (Å²) in [6.45, 7) is 2.18. The molecule has 0 spiro atoms. The van der Waals surface area contributed by atoms with Gasteiger partial charge in [-0.25, -0.2) is 8.42 Å². The summed E-state index contributed by atoms with van der Waals surface area (Å²) in [7, 11) is -3.45. The van der Waals surface area contributed by atoms with Gasteiger partial charge in [0.1, 0.15) is 11.5 Å². The monoisotopic (exact) mass is 396 g/mol. The van der Waals surface area contributed by atoms with Crippen molar-refractivity contribution in [2.45, 2.75) is 26.3 Å². The Balaban J connectivity index is 1.84. The second kappa shape index (κ2) is 9.37. The predicted octanol–water partition coefficient (Wildman–Crippen LogP) is 5.01. The van der Waals surface area contributed by atoms with Crippen molar-refractivity contribution < 1.29 is 13.2 Å². The number of ether oxygens (including phenoxy) is 1. The van der Waals surface area contributed by atoms with Gasteiger partial charge in [-0.2, -0.15) is 0 Å². The fourth-order valence-corrected chi connectivity index (χ4v) is 4.38. The van der Waals surface area contributed by atoms with Crippen LogP contribution in [0.15, 0.2) is 79.0 Å². The van der Waals surface area contributed by atoms with Crippen molar-refractivity contribution in [1.82, 2.24) is 4.98 Å². The van der Waals surface area contributed by atoms with E-state index < -0.39 is 10.0 Å². The molecule has 0 amide bonds. The zero-order chi connectivity index (χ0) is 19.8. The first-order valence-corrected chi connectivity index (χ1v) is 10.9. The molecule has 146 valence electrons. The van der Waals surface area contributed by atoms with Gasteiger partial charge in [0.25, 0.3) is 0 Å². The van der Waals surface area contributed by atoms with Gasteiger partial charge in [0.2, 0.25) is 10.0 Å². The maximum Gasteiger partial charge on any atom is 0.235 e. The number of anilines is 1. The Kier molecular flexibility index (Phi) is 6.66. The number of pyridine rings is 1. The number of para-hydroxylation sites is 1. The highest BCUT2D eigenvalue weighted by atomic mass is 32.2. The topological polar surface area (TPSA) is 59.5 Å². The molecular formula is C22H24N2O3S. The van der Waals surface area contributed by atoms with Crippen LogP contribution in [0.25, 0.3) is 0 Å². The molecule has 0 fully saturated rings. The SMILES string of the molecule is CCCCS(=O)(=O)N(Cc1ccccn1)c1ccc(Oc2ccccc2)cc1. The molecule has 0 saturated heterocycles. The number of benzene rings is 2. The second-order valence-electron chi connectivity index (χ2n) is 6.41. The van der Waals surface area contributed by atoms with Gasteiger partial charge in [0.15, 0.2) is 0 Å². The molecule has 0 atom stereocenters. The van der Waals surface area contributed by atoms with E-state index in [-0.39, 0.29) is 12.3 Å². The van der Waals surface area contributed by atoms with Gasteiger partial charge in [-0.05, 0) is 55.0 Å². The Labute approximate surface area is 166 Å². The zero-order valence-corrected chi connectivity index (χ0v) is 16.7. The first kappa shape index (κ1) is 19.9. The summed E-state index contributed by atoms with van der Waals surface area (Å²) in [6.07, 6.45) is 3.11. The third-order valence-corrected chi connectivity index (χ3v) is 6.04. The number of hydrogen-bond acceptors (Lipinski definition) is 4. The minimum atomic E-state index is -3.45. The molecule has 28 heavy (non-hydrogen) atoms. The van der Waals surface area contributed by atoms with Crippen LogP contribution in [0.4, 0.5) is 5.69 Å². The quantitative estimate of drug-likeness (QED) is 0.510. The maximum absolute atomic E-state index is 12.9. The van der Waals surface area contributed by atoms with Crippen LogP contribution in [0.3, 0.4) is 0 Å². The molecule has 0 saturated carbocycles. The molecule has 0 aliphatic carbocycles. The summed E-state index contributed by atoms with van der Waals surface area (Å²) in [4.78, 5) is 4.28. The zero-order valence-electron chi connectivity index (χ0n) is 15.9. The lowest BCUT2D eigenvalue weighted by Gasteiger charge is -2.24. The Hall–Kier alpha value is -2.86. The summed E-state index contributed by atoms with van der Waals surface area (Å²) in [6, 6.07) is 22.1. The van der Waals surface area contributed by atoms with Gasteiger partial charge in [-0.15, -0.1) is 0 Å². The Bertz CT molecular complexity index is 960. The van der Waals surface area contributed by atoms with E-state index in [2.05, 4.69) is 4.98 Å². The number of hydrogen-bond donors (Lipinski definition) is 0. The maximum atomic E-state index is 12.9. The molecule has 3 aromatic rings. The van der Waals surface area contributed by atoms with Crippen LogP contribution in [0, 0.1) is 0 Å². The number of aromatic nitrogens is 1. The van der Waals surface area contributed by atoms with E-state index in [4.69, 9.17) is 4.74 Å². The molecule has 1 aromatic heterocycles. The normalized spacial score (nSPS) is 11.2. The average Bonchev–Trinajstić information content (AvgIpc) is 2.73. The van der Waals surface area contributed by atoms with Crippen molar-refractivity contribution in [3.8, 4) is 11.5 Å². The van der Waals surface area contributed by atoms with Crippen LogP contribution in [0.5, 0.6) is 11.5 Å². The van der Waals surface area contributed by atoms with Crippen LogP contribution in [0.2, 0.25) is 0 Å². The Morgan fingerprint density at radius 3 is 2.21 bits per heavy atom. The van der Waals surface area contributed by atoms with Crippen LogP contribution < -0.4 is 9.04 Å². The highest BCUT2D eigenvalue weighted by molar-refractivity contribution is 7.92. The molecule has 6 heteroatoms. The van der Waals surface area contributed by atoms with E-state index in [0.29, 0.717) is 23.6 Å². The minimum absolute atomic E-state index is 0.110. The van der Waals surface area contributed by atoms with Gasteiger partial charge >= 0.3 is 0 Å². The molecule has 5 nitrogen and oxygen atoms in total. The predicted molar refractivity (Wildman–Crippen MR) is 112 cm³/mol. The fourth-order valence-electron chi connectivity index (χ4n) is 2.73. The first-order valence-electron chi connectivity index (χ1n) is 9.32. The van der Waals surface area contributed by atoms with E-state index in [0.717, 1.165) is 12.2 Å². The smallest absolute Gasteiger partial charge is 0.235 e. The van der Waals surface area contributed by atoms with Gasteiger partial charge < -0.3 is 4.74 Å². The summed E-state index contributed by atoms with van der Waals surface area (Å²) in [5, 5.41) is 0. The number of nitrogens with zero attached hydrogens (tertiary/aromatic N) is 2. The van der Waals surface area contributed by atoms with Crippen molar-refractivity contribution >= 4 is 15.7 Å². The molecule has 0 unspecified atom stereocenters. The van der Waals surface area contributed by atoms with Crippen molar-refractivity contribution in [2.24, 2.45) is 0 Å². The highest BCUT2D eigenvalue weighted by Crippen LogP contribution is 2.27. The van der Waals surface area contributed by atoms with Crippen LogP contribution in [0.1, 0.15) is 25.5 Å². The molecule has 2 aromatic carbocycles. The summed E-state index contributed by atoms with van der Waals surface area (Å²) in [5.41, 5.74) is 1.30. The largest absolute Gasteiger partial charge is 0.457 e. The summed E-state index contributed by atoms with van der Waals surface area (Å²) >= 11 is 0. The van der Waals surface area contributed by atoms with Gasteiger partial charge in [0, 0.05) is 6.20 Å². The lowest BCUT2D eigenvalue weighted by molar-refractivity contribution is 0.482. The van der Waals surface area contributed by atoms with E-state index in [1.807, 2.05) is 55.5 Å². The minimum Gasteiger partial charge on any atom is -0.457 e. The third-order valence-electron chi connectivity index (χ3n) is 4.23. The van der Waals surface area contributed by atoms with Crippen molar-refractivity contribution in [3.05, 3.63) is 84.7 Å². The van der Waals surface area contributed by atoms with Gasteiger partial charge in [-0.1, -0.05) is 37.6 Å². The number of rotatable bonds is 9. The molecule has 3 rings (SSSR count). The molecule has 0 N–H and O–H groups in total. The van der Waals surface area contributed by atoms with Crippen LogP contribution >= 0.6 is 0 Å². The van der Waals surface area contributed by atoms with Crippen LogP contribution in [-0.2, 0) is 16.6 Å². The number of unbranched alkanes of at least 4 members (excludes halogenated alkanes) is 1. The lowest BCUT2D eigenvalue weighted by atomic mass is 10.3. The van der Waals surface area contributed by atoms with E-state index >= 15 is 0 Å². The van der Waals surface area contributed by atoms with E-state index in [1.54, 1.807) is 30.5 Å². The highest BCUT2D eigenvalue weighted by Gasteiger charge is 2.23. The standard InChI is InChI=1S/C22H24N2O3S/c1-2-3-17-28(25,26)24(18-19-9-7-8-16-23-19)20-12-14-22(15-13-20)27-21-10-5-4-6-11-21/h4-16H,2-3,17-18H2,1H3. The molecule has 0 aliphatic rings. The van der Waals surface area contributed by atoms with Crippen molar-refractivity contribution in [2.75, 3.05) is 10.1 Å². The Morgan fingerprint density at radius 2 is 1.57 bits per heavy atom. The average molecular weight is 397 g/mol. The van der Waals surface area contributed by atoms with Gasteiger partial charge in [0.05, 0.1) is 23.7 Å². The van der Waals surface area contributed by atoms with Crippen LogP contribution in [-0.4, -0.2) is 19.2 Å². The summed E-state index contributed by atoms with van der Waals surface area (Å²) < 4.78 is 33.1. The van der Waals surface area contributed by atoms with Gasteiger partial charge in [-0.3, -0.25) is 9.29 Å². The lowest BCUT2D eigenvalue weighted by Crippen LogP contribution is -2.32.